The van der Waals surface area contributed by atoms with Gasteiger partial charge in [0.05, 0.1) is 16.0 Å². The van der Waals surface area contributed by atoms with Gasteiger partial charge in [-0.15, -0.1) is 11.6 Å². The Labute approximate surface area is 127 Å². The molecule has 1 aliphatic carbocycles. The van der Waals surface area contributed by atoms with Crippen LogP contribution in [0.15, 0.2) is 18.2 Å². The van der Waals surface area contributed by atoms with E-state index in [1.807, 2.05) is 0 Å². The highest BCUT2D eigenvalue weighted by atomic mass is 35.5. The van der Waals surface area contributed by atoms with Gasteiger partial charge in [-0.3, -0.25) is 10.1 Å². The van der Waals surface area contributed by atoms with Crippen LogP contribution < -0.4 is 5.32 Å². The molecule has 0 saturated heterocycles. The van der Waals surface area contributed by atoms with Crippen molar-refractivity contribution in [3.8, 4) is 0 Å². The molecule has 2 aromatic rings. The summed E-state index contributed by atoms with van der Waals surface area (Å²) in [6, 6.07) is 4.62. The fraction of sp³-hybridized carbons (Fsp3) is 0.500. The zero-order chi connectivity index (χ0) is 14.9. The third kappa shape index (κ3) is 2.81. The molecule has 1 aromatic heterocycles. The number of imidazole rings is 1. The smallest absolute Gasteiger partial charge is 0.271 e. The summed E-state index contributed by atoms with van der Waals surface area (Å²) in [7, 11) is 0. The number of nitrogens with one attached hydrogen (secondary N) is 2. The minimum Gasteiger partial charge on any atom is -0.355 e. The van der Waals surface area contributed by atoms with E-state index in [4.69, 9.17) is 11.6 Å². The average molecular weight is 309 g/mol. The summed E-state index contributed by atoms with van der Waals surface area (Å²) >= 11 is 6.12. The van der Waals surface area contributed by atoms with E-state index in [0.717, 1.165) is 24.9 Å². The Bertz CT molecular complexity index is 664. The molecule has 1 fully saturated rings. The maximum absolute atomic E-state index is 10.8. The van der Waals surface area contributed by atoms with E-state index in [9.17, 15) is 10.1 Å². The summed E-state index contributed by atoms with van der Waals surface area (Å²) in [4.78, 5) is 17.9. The van der Waals surface area contributed by atoms with Crippen LogP contribution in [0.1, 0.15) is 25.7 Å². The molecule has 0 bridgehead atoms. The SMILES string of the molecule is O=[N+]([O-])c1ccc2nc(NCC3(CCl)CCCC3)[nH]c2c1. The first-order valence-electron chi connectivity index (χ1n) is 7.06. The number of non-ortho nitro benzene ring substituents is 1. The molecular weight excluding hydrogens is 292 g/mol. The molecule has 1 saturated carbocycles. The standard InChI is InChI=1S/C14H17ClN4O2/c15-8-14(5-1-2-6-14)9-16-13-17-11-4-3-10(19(20)21)7-12(11)18-13/h3-4,7H,1-2,5-6,8-9H2,(H2,16,17,18). The predicted octanol–water partition coefficient (Wildman–Crippen LogP) is 3.68. The normalized spacial score (nSPS) is 17.2. The molecule has 1 heterocycles. The zero-order valence-electron chi connectivity index (χ0n) is 11.6. The van der Waals surface area contributed by atoms with Crippen LogP contribution in [0.4, 0.5) is 11.6 Å². The van der Waals surface area contributed by atoms with Gasteiger partial charge in [-0.05, 0) is 18.9 Å². The van der Waals surface area contributed by atoms with Crippen LogP contribution in [0.5, 0.6) is 0 Å². The number of fused-ring (bicyclic) bond motifs is 1. The summed E-state index contributed by atoms with van der Waals surface area (Å²) in [6.45, 7) is 0.776. The monoisotopic (exact) mass is 308 g/mol. The highest BCUT2D eigenvalue weighted by molar-refractivity contribution is 6.18. The fourth-order valence-electron chi connectivity index (χ4n) is 2.95. The van der Waals surface area contributed by atoms with E-state index < -0.39 is 4.92 Å². The number of nitro benzene ring substituents is 1. The summed E-state index contributed by atoms with van der Waals surface area (Å²) in [5.41, 5.74) is 1.59. The fourth-order valence-corrected chi connectivity index (χ4v) is 3.31. The van der Waals surface area contributed by atoms with Crippen LogP contribution in [0.3, 0.4) is 0 Å². The van der Waals surface area contributed by atoms with Crippen molar-refractivity contribution >= 4 is 34.3 Å². The molecule has 1 aromatic carbocycles. The number of halogens is 1. The number of nitro groups is 1. The Kier molecular flexibility index (Phi) is 3.71. The van der Waals surface area contributed by atoms with Crippen molar-refractivity contribution in [2.24, 2.45) is 5.41 Å². The van der Waals surface area contributed by atoms with Gasteiger partial charge in [0.15, 0.2) is 0 Å². The van der Waals surface area contributed by atoms with Gasteiger partial charge in [0.1, 0.15) is 0 Å². The molecule has 112 valence electrons. The van der Waals surface area contributed by atoms with Gasteiger partial charge in [0, 0.05) is 30.0 Å². The second kappa shape index (κ2) is 5.52. The lowest BCUT2D eigenvalue weighted by Gasteiger charge is -2.26. The summed E-state index contributed by atoms with van der Waals surface area (Å²) in [6.07, 6.45) is 4.71. The quantitative estimate of drug-likeness (QED) is 0.501. The Morgan fingerprint density at radius 2 is 2.19 bits per heavy atom. The molecule has 2 N–H and O–H groups in total. The second-order valence-corrected chi connectivity index (χ2v) is 6.01. The minimum atomic E-state index is -0.408. The Balaban J connectivity index is 1.77. The molecule has 0 radical (unpaired) electrons. The Hall–Kier alpha value is -1.82. The maximum atomic E-state index is 10.8. The minimum absolute atomic E-state index is 0.0609. The van der Waals surface area contributed by atoms with Crippen molar-refractivity contribution < 1.29 is 4.92 Å². The summed E-state index contributed by atoms with van der Waals surface area (Å²) in [5, 5.41) is 14.1. The van der Waals surface area contributed by atoms with Crippen LogP contribution in [0.25, 0.3) is 11.0 Å². The van der Waals surface area contributed by atoms with Crippen molar-refractivity contribution in [2.75, 3.05) is 17.7 Å². The molecule has 0 unspecified atom stereocenters. The molecule has 7 heteroatoms. The van der Waals surface area contributed by atoms with E-state index >= 15 is 0 Å². The van der Waals surface area contributed by atoms with Crippen molar-refractivity contribution in [3.63, 3.8) is 0 Å². The molecule has 0 aliphatic heterocycles. The predicted molar refractivity (Wildman–Crippen MR) is 82.9 cm³/mol. The number of aromatic nitrogens is 2. The van der Waals surface area contributed by atoms with Crippen LogP contribution in [-0.4, -0.2) is 27.3 Å². The molecular formula is C14H17ClN4O2. The Morgan fingerprint density at radius 1 is 1.43 bits per heavy atom. The van der Waals surface area contributed by atoms with Crippen LogP contribution in [0.2, 0.25) is 0 Å². The highest BCUT2D eigenvalue weighted by Gasteiger charge is 2.32. The van der Waals surface area contributed by atoms with E-state index in [0.29, 0.717) is 17.3 Å². The first kappa shape index (κ1) is 14.1. The van der Waals surface area contributed by atoms with Gasteiger partial charge in [-0.25, -0.2) is 4.98 Å². The van der Waals surface area contributed by atoms with Gasteiger partial charge < -0.3 is 10.3 Å². The van der Waals surface area contributed by atoms with E-state index in [2.05, 4.69) is 15.3 Å². The molecule has 1 aliphatic rings. The van der Waals surface area contributed by atoms with Gasteiger partial charge in [-0.1, -0.05) is 12.8 Å². The van der Waals surface area contributed by atoms with Crippen molar-refractivity contribution in [3.05, 3.63) is 28.3 Å². The van der Waals surface area contributed by atoms with Crippen LogP contribution >= 0.6 is 11.6 Å². The lowest BCUT2D eigenvalue weighted by Crippen LogP contribution is -2.28. The highest BCUT2D eigenvalue weighted by Crippen LogP contribution is 2.39. The molecule has 0 amide bonds. The molecule has 3 rings (SSSR count). The lowest BCUT2D eigenvalue weighted by molar-refractivity contribution is -0.384. The third-order valence-corrected chi connectivity index (χ3v) is 4.82. The van der Waals surface area contributed by atoms with Gasteiger partial charge in [0.25, 0.3) is 5.69 Å². The molecule has 0 spiro atoms. The average Bonchev–Trinajstić information content (AvgIpc) is 3.11. The number of aromatic amines is 1. The van der Waals surface area contributed by atoms with Crippen molar-refractivity contribution in [1.29, 1.82) is 0 Å². The van der Waals surface area contributed by atoms with Gasteiger partial charge in [-0.2, -0.15) is 0 Å². The third-order valence-electron chi connectivity index (χ3n) is 4.25. The van der Waals surface area contributed by atoms with Gasteiger partial charge >= 0.3 is 0 Å². The summed E-state index contributed by atoms with van der Waals surface area (Å²) < 4.78 is 0. The maximum Gasteiger partial charge on any atom is 0.271 e. The van der Waals surface area contributed by atoms with E-state index in [1.54, 1.807) is 6.07 Å². The number of H-pyrrole nitrogens is 1. The van der Waals surface area contributed by atoms with E-state index in [1.165, 1.54) is 25.0 Å². The van der Waals surface area contributed by atoms with Crippen LogP contribution in [0, 0.1) is 15.5 Å². The largest absolute Gasteiger partial charge is 0.355 e. The molecule has 0 atom stereocenters. The first-order valence-corrected chi connectivity index (χ1v) is 7.59. The number of anilines is 1. The number of rotatable bonds is 5. The number of nitrogens with zero attached hydrogens (tertiary/aromatic N) is 2. The topological polar surface area (TPSA) is 83.8 Å². The lowest BCUT2D eigenvalue weighted by atomic mass is 9.89. The number of benzene rings is 1. The Morgan fingerprint density at radius 3 is 2.86 bits per heavy atom. The number of hydrogen-bond donors (Lipinski definition) is 2. The van der Waals surface area contributed by atoms with E-state index in [-0.39, 0.29) is 11.1 Å². The number of alkyl halides is 1. The van der Waals surface area contributed by atoms with Crippen LogP contribution in [-0.2, 0) is 0 Å². The van der Waals surface area contributed by atoms with Crippen molar-refractivity contribution in [1.82, 2.24) is 9.97 Å². The first-order chi connectivity index (χ1) is 10.1. The summed E-state index contributed by atoms with van der Waals surface area (Å²) in [5.74, 6) is 1.29. The second-order valence-electron chi connectivity index (χ2n) is 5.74. The molecule has 6 nitrogen and oxygen atoms in total. The van der Waals surface area contributed by atoms with Gasteiger partial charge in [0.2, 0.25) is 5.95 Å². The zero-order valence-corrected chi connectivity index (χ0v) is 12.3. The molecule has 21 heavy (non-hydrogen) atoms. The number of hydrogen-bond acceptors (Lipinski definition) is 4. The van der Waals surface area contributed by atoms with Crippen molar-refractivity contribution in [2.45, 2.75) is 25.7 Å².